The number of aliphatic imine (C=N–C) groups is 1. The van der Waals surface area contributed by atoms with Crippen LogP contribution in [0.2, 0.25) is 0 Å². The van der Waals surface area contributed by atoms with Crippen LogP contribution < -0.4 is 10.2 Å². The van der Waals surface area contributed by atoms with E-state index in [0.717, 1.165) is 8.47 Å². The van der Waals surface area contributed by atoms with Gasteiger partial charge in [0.05, 0.1) is 11.9 Å². The second-order valence-electron chi connectivity index (χ2n) is 4.48. The number of nitrogens with one attached hydrogen (secondary N) is 1. The molecule has 22 heavy (non-hydrogen) atoms. The van der Waals surface area contributed by atoms with Crippen LogP contribution in [0.1, 0.15) is 0 Å². The molecule has 2 aliphatic heterocycles. The Labute approximate surface area is 143 Å². The minimum atomic E-state index is -1.20. The third-order valence-electron chi connectivity index (χ3n) is 3.10. The van der Waals surface area contributed by atoms with Gasteiger partial charge in [0.2, 0.25) is 6.67 Å². The molecule has 113 valence electrons. The van der Waals surface area contributed by atoms with Gasteiger partial charge in [0.25, 0.3) is 0 Å². The lowest BCUT2D eigenvalue weighted by atomic mass is 10.3. The number of amides is 1. The molecule has 2 heterocycles. The van der Waals surface area contributed by atoms with Gasteiger partial charge in [-0.05, 0) is 40.8 Å². The molecule has 0 unspecified atom stereocenters. The van der Waals surface area contributed by atoms with Crippen molar-refractivity contribution in [2.45, 2.75) is 0 Å². The predicted molar refractivity (Wildman–Crippen MR) is 89.1 cm³/mol. The third kappa shape index (κ3) is 2.69. The molecule has 1 amide bonds. The maximum Gasteiger partial charge on any atom is 0.417 e. The summed E-state index contributed by atoms with van der Waals surface area (Å²) in [5.41, 5.74) is 0.139. The van der Waals surface area contributed by atoms with Crippen LogP contribution in [-0.2, 0) is 0 Å². The zero-order valence-corrected chi connectivity index (χ0v) is 13.8. The minimum Gasteiger partial charge on any atom is -0.464 e. The van der Waals surface area contributed by atoms with Gasteiger partial charge < -0.3 is 10.4 Å². The highest BCUT2D eigenvalue weighted by Gasteiger charge is 2.42. The first kappa shape index (κ1) is 15.3. The average molecular weight is 435 g/mol. The summed E-state index contributed by atoms with van der Waals surface area (Å²) in [6.45, 7) is 0.0230. The van der Waals surface area contributed by atoms with E-state index >= 15 is 0 Å². The van der Waals surface area contributed by atoms with Gasteiger partial charge in [-0.1, -0.05) is 16.5 Å². The van der Waals surface area contributed by atoms with Crippen LogP contribution in [-0.4, -0.2) is 28.6 Å². The number of rotatable bonds is 2. The molecule has 0 saturated carbocycles. The van der Waals surface area contributed by atoms with E-state index in [1.807, 2.05) is 22.6 Å². The van der Waals surface area contributed by atoms with E-state index in [1.54, 1.807) is 17.2 Å². The van der Waals surface area contributed by atoms with Crippen LogP contribution in [0.5, 0.6) is 0 Å². The quantitative estimate of drug-likeness (QED) is 0.555. The van der Waals surface area contributed by atoms with Crippen LogP contribution in [0.4, 0.5) is 14.9 Å². The first-order valence-electron chi connectivity index (χ1n) is 6.11. The Balaban J connectivity index is 2.01. The number of hydrogen-bond acceptors (Lipinski definition) is 4. The number of hydrogen-bond donors (Lipinski definition) is 2. The first-order valence-corrected chi connectivity index (χ1v) is 7.57. The van der Waals surface area contributed by atoms with E-state index in [2.05, 4.69) is 10.3 Å². The highest BCUT2D eigenvalue weighted by molar-refractivity contribution is 14.1. The lowest BCUT2D eigenvalue weighted by Gasteiger charge is -2.27. The van der Waals surface area contributed by atoms with E-state index in [9.17, 15) is 14.3 Å². The van der Waals surface area contributed by atoms with Crippen LogP contribution in [0.25, 0.3) is 0 Å². The predicted octanol–water partition coefficient (Wildman–Crippen LogP) is 3.22. The Morgan fingerprint density at radius 3 is 3.00 bits per heavy atom. The fourth-order valence-corrected chi connectivity index (χ4v) is 2.83. The summed E-state index contributed by atoms with van der Waals surface area (Å²) in [6, 6.07) is 4.57. The number of carbonyl (C=O) groups is 1. The fraction of sp³-hybridized carbons (Fsp3) is 0.0769. The second kappa shape index (κ2) is 5.86. The number of amidine groups is 1. The van der Waals surface area contributed by atoms with E-state index in [1.165, 1.54) is 18.3 Å². The third-order valence-corrected chi connectivity index (χ3v) is 4.12. The molecule has 0 aromatic heterocycles. The number of anilines is 1. The van der Waals surface area contributed by atoms with Crippen LogP contribution >= 0.6 is 34.2 Å². The molecule has 1 aromatic rings. The monoisotopic (exact) mass is 434 g/mol. The zero-order valence-electron chi connectivity index (χ0n) is 10.9. The van der Waals surface area contributed by atoms with Crippen molar-refractivity contribution in [2.24, 2.45) is 4.99 Å². The van der Waals surface area contributed by atoms with Crippen molar-refractivity contribution < 1.29 is 14.3 Å². The summed E-state index contributed by atoms with van der Waals surface area (Å²) < 4.78 is 14.7. The summed E-state index contributed by atoms with van der Waals surface area (Å²) in [7, 11) is 0. The van der Waals surface area contributed by atoms with Crippen molar-refractivity contribution in [3.63, 3.8) is 0 Å². The minimum absolute atomic E-state index is 0.0230. The zero-order chi connectivity index (χ0) is 15.9. The van der Waals surface area contributed by atoms with Crippen LogP contribution in [0.3, 0.4) is 0 Å². The van der Waals surface area contributed by atoms with E-state index in [4.69, 9.17) is 11.6 Å². The van der Waals surface area contributed by atoms with Gasteiger partial charge in [-0.15, -0.1) is 0 Å². The second-order valence-corrected chi connectivity index (χ2v) is 6.11. The molecule has 0 bridgehead atoms. The standard InChI is InChI=1S/C13H9ClFIN4O2/c14-10-11-17-3-4-19(11)6-20(13(21)22)12(10)18-9-2-1-7(16)5-8(9)15/h1-5,18H,6H2,(H,21,22)/q+1. The molecule has 6 nitrogen and oxygen atoms in total. The maximum absolute atomic E-state index is 14.0. The summed E-state index contributed by atoms with van der Waals surface area (Å²) in [5, 5.41) is 12.2. The van der Waals surface area contributed by atoms with Gasteiger partial charge >= 0.3 is 11.9 Å². The molecule has 0 atom stereocenters. The van der Waals surface area contributed by atoms with Gasteiger partial charge in [-0.2, -0.15) is 4.99 Å². The van der Waals surface area contributed by atoms with E-state index in [0.29, 0.717) is 5.84 Å². The highest BCUT2D eigenvalue weighted by Crippen LogP contribution is 2.28. The number of carboxylic acid groups (broad SMARTS) is 1. The molecule has 3 rings (SSSR count). The van der Waals surface area contributed by atoms with Gasteiger partial charge in [0.1, 0.15) is 11.6 Å². The van der Waals surface area contributed by atoms with Crippen molar-refractivity contribution in [3.05, 3.63) is 50.8 Å². The Morgan fingerprint density at radius 1 is 1.55 bits per heavy atom. The fourth-order valence-electron chi connectivity index (χ4n) is 2.07. The molecule has 9 heteroatoms. The van der Waals surface area contributed by atoms with Crippen molar-refractivity contribution in [2.75, 3.05) is 12.0 Å². The lowest BCUT2D eigenvalue weighted by Crippen LogP contribution is -2.49. The topological polar surface area (TPSA) is 70.8 Å². The Bertz CT molecular complexity index is 750. The van der Waals surface area contributed by atoms with Crippen molar-refractivity contribution in [1.82, 2.24) is 9.80 Å². The normalized spacial score (nSPS) is 17.6. The van der Waals surface area contributed by atoms with E-state index < -0.39 is 11.9 Å². The molecule has 0 aliphatic carbocycles. The summed E-state index contributed by atoms with van der Waals surface area (Å²) in [6.07, 6.45) is 1.94. The lowest BCUT2D eigenvalue weighted by molar-refractivity contribution is 0.153. The first-order chi connectivity index (χ1) is 10.5. The smallest absolute Gasteiger partial charge is 0.417 e. The van der Waals surface area contributed by atoms with Gasteiger partial charge in [0.15, 0.2) is 11.2 Å². The van der Waals surface area contributed by atoms with Gasteiger partial charge in [-0.25, -0.2) is 14.1 Å². The molecular formula is C13H9ClFIN4O2+. The van der Waals surface area contributed by atoms with Crippen LogP contribution in [0, 0.1) is 9.39 Å². The van der Waals surface area contributed by atoms with Gasteiger partial charge in [-0.3, -0.25) is 0 Å². The molecule has 2 N–H and O–H groups in total. The molecular weight excluding hydrogens is 426 g/mol. The summed E-state index contributed by atoms with van der Waals surface area (Å²) in [4.78, 5) is 18.1. The molecule has 1 aromatic carbocycles. The molecule has 1 radical (unpaired) electrons. The Kier molecular flexibility index (Phi) is 4.06. The number of nitrogens with zero attached hydrogens (tertiary/aromatic N) is 3. The summed E-state index contributed by atoms with van der Waals surface area (Å²) in [5.74, 6) is 0.00341. The molecule has 0 saturated heterocycles. The Morgan fingerprint density at radius 2 is 2.32 bits per heavy atom. The SMILES string of the molecule is O=C(O)N1C[N+]2C=CN=C2C(Cl)=C1Nc1ccc(I)cc1F. The summed E-state index contributed by atoms with van der Waals surface area (Å²) >= 11 is 8.22. The average Bonchev–Trinajstić information content (AvgIpc) is 2.92. The number of halogens is 3. The van der Waals surface area contributed by atoms with Crippen molar-refractivity contribution >= 4 is 51.8 Å². The molecule has 0 fully saturated rings. The maximum atomic E-state index is 14.0. The van der Waals surface area contributed by atoms with E-state index in [-0.39, 0.29) is 23.2 Å². The van der Waals surface area contributed by atoms with Crippen molar-refractivity contribution in [1.29, 1.82) is 0 Å². The van der Waals surface area contributed by atoms with Crippen molar-refractivity contribution in [3.8, 4) is 0 Å². The number of benzene rings is 1. The highest BCUT2D eigenvalue weighted by atomic mass is 127. The molecule has 2 aliphatic rings. The molecule has 0 spiro atoms. The van der Waals surface area contributed by atoms with Gasteiger partial charge in [0, 0.05) is 3.57 Å². The number of fused-ring (bicyclic) bond motifs is 1. The largest absolute Gasteiger partial charge is 0.464 e. The van der Waals surface area contributed by atoms with Crippen LogP contribution in [0.15, 0.2) is 46.4 Å². The Hall–Kier alpha value is -1.65.